The van der Waals surface area contributed by atoms with Gasteiger partial charge in [-0.1, -0.05) is 18.2 Å². The second kappa shape index (κ2) is 3.39. The van der Waals surface area contributed by atoms with Crippen molar-refractivity contribution in [3.05, 3.63) is 54.4 Å². The summed E-state index contributed by atoms with van der Waals surface area (Å²) in [4.78, 5) is 6.50. The minimum absolute atomic E-state index is 1.06. The molecule has 74 valence electrons. The van der Waals surface area contributed by atoms with Crippen molar-refractivity contribution in [1.82, 2.24) is 4.98 Å². The average molecular weight is 196 g/mol. The van der Waals surface area contributed by atoms with E-state index in [9.17, 15) is 0 Å². The summed E-state index contributed by atoms with van der Waals surface area (Å²) in [6, 6.07) is 12.6. The number of nitrogens with zero attached hydrogens (tertiary/aromatic N) is 2. The first-order valence-electron chi connectivity index (χ1n) is 5.20. The summed E-state index contributed by atoms with van der Waals surface area (Å²) in [7, 11) is 0. The fraction of sp³-hybridized carbons (Fsp3) is 0.154. The van der Waals surface area contributed by atoms with E-state index in [4.69, 9.17) is 0 Å². The maximum absolute atomic E-state index is 4.16. The fourth-order valence-electron chi connectivity index (χ4n) is 2.10. The van der Waals surface area contributed by atoms with Gasteiger partial charge >= 0.3 is 0 Å². The Hall–Kier alpha value is -1.83. The lowest BCUT2D eigenvalue weighted by molar-refractivity contribution is 0.996. The molecule has 2 heteroatoms. The predicted molar refractivity (Wildman–Crippen MR) is 61.4 cm³/mol. The van der Waals surface area contributed by atoms with E-state index < -0.39 is 0 Å². The van der Waals surface area contributed by atoms with Gasteiger partial charge in [0.1, 0.15) is 0 Å². The van der Waals surface area contributed by atoms with Crippen LogP contribution in [0.5, 0.6) is 0 Å². The molecular weight excluding hydrogens is 184 g/mol. The Bertz CT molecular complexity index is 465. The lowest BCUT2D eigenvalue weighted by Gasteiger charge is -2.18. The Labute approximate surface area is 89.2 Å². The lowest BCUT2D eigenvalue weighted by atomic mass is 10.2. The van der Waals surface area contributed by atoms with Crippen molar-refractivity contribution >= 4 is 11.4 Å². The lowest BCUT2D eigenvalue weighted by Crippen LogP contribution is -2.12. The number of hydrogen-bond donors (Lipinski definition) is 0. The largest absolute Gasteiger partial charge is 0.341 e. The summed E-state index contributed by atoms with van der Waals surface area (Å²) in [5, 5.41) is 0. The summed E-state index contributed by atoms with van der Waals surface area (Å²) in [5.41, 5.74) is 3.92. The van der Waals surface area contributed by atoms with E-state index in [0.717, 1.165) is 13.0 Å². The van der Waals surface area contributed by atoms with Gasteiger partial charge in [0.2, 0.25) is 0 Å². The Balaban J connectivity index is 2.05. The number of benzene rings is 1. The molecule has 0 saturated carbocycles. The topological polar surface area (TPSA) is 16.1 Å². The molecule has 1 aromatic carbocycles. The summed E-state index contributed by atoms with van der Waals surface area (Å²) >= 11 is 0. The first-order valence-corrected chi connectivity index (χ1v) is 5.20. The van der Waals surface area contributed by atoms with Crippen molar-refractivity contribution < 1.29 is 0 Å². The van der Waals surface area contributed by atoms with Crippen LogP contribution in [0.3, 0.4) is 0 Å². The van der Waals surface area contributed by atoms with Gasteiger partial charge in [-0.2, -0.15) is 0 Å². The highest BCUT2D eigenvalue weighted by molar-refractivity contribution is 5.68. The van der Waals surface area contributed by atoms with E-state index in [0.29, 0.717) is 0 Å². The van der Waals surface area contributed by atoms with Gasteiger partial charge in [0.05, 0.1) is 0 Å². The van der Waals surface area contributed by atoms with E-state index in [2.05, 4.69) is 40.2 Å². The van der Waals surface area contributed by atoms with Crippen molar-refractivity contribution in [2.45, 2.75) is 6.42 Å². The van der Waals surface area contributed by atoms with Crippen LogP contribution in [-0.2, 0) is 6.42 Å². The monoisotopic (exact) mass is 196 g/mol. The maximum Gasteiger partial charge on any atom is 0.0474 e. The number of hydrogen-bond acceptors (Lipinski definition) is 2. The fourth-order valence-corrected chi connectivity index (χ4v) is 2.10. The molecule has 0 spiro atoms. The summed E-state index contributed by atoms with van der Waals surface area (Å²) in [5.74, 6) is 0. The van der Waals surface area contributed by atoms with E-state index in [1.807, 2.05) is 18.5 Å². The zero-order chi connectivity index (χ0) is 10.1. The molecule has 1 aromatic heterocycles. The van der Waals surface area contributed by atoms with Crippen LogP contribution in [0.1, 0.15) is 5.56 Å². The number of pyridine rings is 1. The van der Waals surface area contributed by atoms with E-state index in [1.54, 1.807) is 0 Å². The second-order valence-corrected chi connectivity index (χ2v) is 3.74. The number of aromatic nitrogens is 1. The quantitative estimate of drug-likeness (QED) is 0.697. The molecule has 0 radical (unpaired) electrons. The minimum atomic E-state index is 1.06. The number of para-hydroxylation sites is 1. The normalized spacial score (nSPS) is 14.0. The molecule has 0 unspecified atom stereocenters. The van der Waals surface area contributed by atoms with Crippen LogP contribution in [-0.4, -0.2) is 11.5 Å². The van der Waals surface area contributed by atoms with Crippen LogP contribution in [0.2, 0.25) is 0 Å². The molecule has 0 aliphatic carbocycles. The van der Waals surface area contributed by atoms with Gasteiger partial charge in [0.15, 0.2) is 0 Å². The zero-order valence-corrected chi connectivity index (χ0v) is 8.43. The molecule has 0 saturated heterocycles. The van der Waals surface area contributed by atoms with Gasteiger partial charge in [0.25, 0.3) is 0 Å². The predicted octanol–water partition coefficient (Wildman–Crippen LogP) is 2.78. The third-order valence-corrected chi connectivity index (χ3v) is 2.84. The van der Waals surface area contributed by atoms with Crippen molar-refractivity contribution in [3.8, 4) is 0 Å². The molecule has 15 heavy (non-hydrogen) atoms. The van der Waals surface area contributed by atoms with E-state index in [1.165, 1.54) is 16.9 Å². The van der Waals surface area contributed by atoms with Crippen LogP contribution in [0, 0.1) is 0 Å². The average Bonchev–Trinajstić information content (AvgIpc) is 2.74. The molecule has 0 N–H and O–H groups in total. The highest BCUT2D eigenvalue weighted by Crippen LogP contribution is 2.33. The SMILES string of the molecule is c1ccc(N2CCc3cnccc32)cc1. The number of anilines is 2. The smallest absolute Gasteiger partial charge is 0.0474 e. The van der Waals surface area contributed by atoms with E-state index >= 15 is 0 Å². The summed E-state index contributed by atoms with van der Waals surface area (Å²) in [6.07, 6.45) is 4.93. The minimum Gasteiger partial charge on any atom is -0.341 e. The number of fused-ring (bicyclic) bond motifs is 1. The van der Waals surface area contributed by atoms with Gasteiger partial charge in [-0.05, 0) is 30.2 Å². The molecule has 0 fully saturated rings. The van der Waals surface area contributed by atoms with Gasteiger partial charge in [-0.15, -0.1) is 0 Å². The standard InChI is InChI=1S/C13H12N2/c1-2-4-12(5-3-1)15-9-7-11-10-14-8-6-13(11)15/h1-6,8,10H,7,9H2. The van der Waals surface area contributed by atoms with E-state index in [-0.39, 0.29) is 0 Å². The van der Waals surface area contributed by atoms with Crippen molar-refractivity contribution in [1.29, 1.82) is 0 Å². The van der Waals surface area contributed by atoms with Gasteiger partial charge in [-0.3, -0.25) is 4.98 Å². The highest BCUT2D eigenvalue weighted by Gasteiger charge is 2.19. The third kappa shape index (κ3) is 1.38. The first kappa shape index (κ1) is 8.48. The first-order chi connectivity index (χ1) is 7.45. The van der Waals surface area contributed by atoms with Crippen LogP contribution in [0.4, 0.5) is 11.4 Å². The highest BCUT2D eigenvalue weighted by atomic mass is 15.2. The molecule has 2 heterocycles. The van der Waals surface area contributed by atoms with Gasteiger partial charge < -0.3 is 4.90 Å². The van der Waals surface area contributed by atoms with Crippen LogP contribution >= 0.6 is 0 Å². The Morgan fingerprint density at radius 3 is 2.80 bits per heavy atom. The third-order valence-electron chi connectivity index (χ3n) is 2.84. The number of rotatable bonds is 1. The second-order valence-electron chi connectivity index (χ2n) is 3.74. The molecule has 1 aliphatic rings. The Morgan fingerprint density at radius 1 is 1.07 bits per heavy atom. The zero-order valence-electron chi connectivity index (χ0n) is 8.43. The molecule has 2 aromatic rings. The summed E-state index contributed by atoms with van der Waals surface area (Å²) in [6.45, 7) is 1.06. The molecule has 0 atom stereocenters. The van der Waals surface area contributed by atoms with Crippen molar-refractivity contribution in [3.63, 3.8) is 0 Å². The molecule has 3 rings (SSSR count). The summed E-state index contributed by atoms with van der Waals surface area (Å²) < 4.78 is 0. The van der Waals surface area contributed by atoms with Crippen molar-refractivity contribution in [2.75, 3.05) is 11.4 Å². The van der Waals surface area contributed by atoms with Gasteiger partial charge in [0, 0.05) is 30.3 Å². The molecular formula is C13H12N2. The van der Waals surface area contributed by atoms with Crippen molar-refractivity contribution in [2.24, 2.45) is 0 Å². The molecule has 0 bridgehead atoms. The molecule has 2 nitrogen and oxygen atoms in total. The molecule has 1 aliphatic heterocycles. The molecule has 0 amide bonds. The van der Waals surface area contributed by atoms with Crippen LogP contribution < -0.4 is 4.90 Å². The maximum atomic E-state index is 4.16. The van der Waals surface area contributed by atoms with Crippen LogP contribution in [0.25, 0.3) is 0 Å². The van der Waals surface area contributed by atoms with Crippen LogP contribution in [0.15, 0.2) is 48.8 Å². The Morgan fingerprint density at radius 2 is 1.93 bits per heavy atom. The Kier molecular flexibility index (Phi) is 1.91. The van der Waals surface area contributed by atoms with Gasteiger partial charge in [-0.25, -0.2) is 0 Å².